The van der Waals surface area contributed by atoms with E-state index in [9.17, 15) is 19.7 Å². The molecule has 0 radical (unpaired) electrons. The second-order valence-corrected chi connectivity index (χ2v) is 8.72. The van der Waals surface area contributed by atoms with Crippen molar-refractivity contribution >= 4 is 17.4 Å². The fourth-order valence-electron chi connectivity index (χ4n) is 3.27. The number of benzene rings is 2. The predicted molar refractivity (Wildman–Crippen MR) is 156 cm³/mol. The smallest absolute Gasteiger partial charge is 0.379 e. The first kappa shape index (κ1) is 36.7. The molecule has 0 aliphatic rings. The Morgan fingerprint density at radius 3 is 1.32 bits per heavy atom. The molecule has 0 saturated heterocycles. The van der Waals surface area contributed by atoms with E-state index in [4.69, 9.17) is 42.6 Å². The molecular formula is C30H41NO13. The fourth-order valence-corrected chi connectivity index (χ4v) is 3.27. The highest BCUT2D eigenvalue weighted by Gasteiger charge is 2.17. The van der Waals surface area contributed by atoms with Crippen LogP contribution in [0.2, 0.25) is 0 Å². The van der Waals surface area contributed by atoms with E-state index in [-0.39, 0.29) is 24.5 Å². The summed E-state index contributed by atoms with van der Waals surface area (Å²) in [7, 11) is 0. The number of nitrogens with zero attached hydrogens (tertiary/aromatic N) is 1. The minimum absolute atomic E-state index is 0.0109. The van der Waals surface area contributed by atoms with Crippen molar-refractivity contribution in [3.8, 4) is 5.75 Å². The number of ether oxygens (including phenoxy) is 9. The van der Waals surface area contributed by atoms with E-state index in [2.05, 4.69) is 0 Å². The summed E-state index contributed by atoms with van der Waals surface area (Å²) in [5.74, 6) is -1.04. The van der Waals surface area contributed by atoms with E-state index in [1.165, 1.54) is 12.1 Å². The number of rotatable bonds is 28. The molecular weight excluding hydrogens is 582 g/mol. The summed E-state index contributed by atoms with van der Waals surface area (Å²) < 4.78 is 48.2. The van der Waals surface area contributed by atoms with Crippen molar-refractivity contribution in [2.24, 2.45) is 0 Å². The van der Waals surface area contributed by atoms with Crippen molar-refractivity contribution < 1.29 is 57.1 Å². The lowest BCUT2D eigenvalue weighted by Crippen LogP contribution is -2.20. The summed E-state index contributed by atoms with van der Waals surface area (Å²) in [6.45, 7) is 5.93. The number of esters is 1. The van der Waals surface area contributed by atoms with E-state index in [1.807, 2.05) is 0 Å². The van der Waals surface area contributed by atoms with Crippen LogP contribution in [-0.4, -0.2) is 122 Å². The van der Waals surface area contributed by atoms with Crippen molar-refractivity contribution in [2.75, 3.05) is 106 Å². The molecule has 14 heteroatoms. The van der Waals surface area contributed by atoms with Crippen molar-refractivity contribution in [2.45, 2.75) is 0 Å². The number of ketones is 1. The lowest BCUT2D eigenvalue weighted by Gasteiger charge is -2.09. The molecule has 14 nitrogen and oxygen atoms in total. The Morgan fingerprint density at radius 2 is 0.909 bits per heavy atom. The van der Waals surface area contributed by atoms with Gasteiger partial charge in [0.25, 0.3) is 11.5 Å². The quantitative estimate of drug-likeness (QED) is 0.0340. The number of nitro benzene ring substituents is 1. The van der Waals surface area contributed by atoms with Crippen molar-refractivity contribution in [1.82, 2.24) is 0 Å². The van der Waals surface area contributed by atoms with Gasteiger partial charge >= 0.3 is 5.97 Å². The van der Waals surface area contributed by atoms with Crippen LogP contribution in [-0.2, 0) is 42.7 Å². The van der Waals surface area contributed by atoms with Gasteiger partial charge in [-0.3, -0.25) is 14.9 Å². The lowest BCUT2D eigenvalue weighted by molar-refractivity contribution is -0.384. The molecule has 0 amide bonds. The molecule has 0 bridgehead atoms. The molecule has 2 rings (SSSR count). The molecule has 0 aromatic heterocycles. The van der Waals surface area contributed by atoms with Crippen molar-refractivity contribution in [1.29, 1.82) is 0 Å². The Labute approximate surface area is 256 Å². The molecule has 244 valence electrons. The molecule has 0 heterocycles. The Kier molecular flexibility index (Phi) is 20.8. The number of non-ortho nitro benzene ring substituents is 1. The molecule has 0 N–H and O–H groups in total. The number of nitro groups is 1. The maximum atomic E-state index is 11.9. The molecule has 0 aliphatic heterocycles. The number of hydrogen-bond donors (Lipinski definition) is 0. The van der Waals surface area contributed by atoms with Gasteiger partial charge in [-0.05, 0) is 12.1 Å². The maximum absolute atomic E-state index is 11.9. The molecule has 0 fully saturated rings. The minimum Gasteiger partial charge on any atom is -0.491 e. The zero-order valence-electron chi connectivity index (χ0n) is 24.8. The van der Waals surface area contributed by atoms with E-state index in [0.29, 0.717) is 98.2 Å². The number of carbonyl (C=O) groups is 2. The maximum Gasteiger partial charge on any atom is 0.379 e. The van der Waals surface area contributed by atoms with Crippen LogP contribution in [0.15, 0.2) is 54.6 Å². The van der Waals surface area contributed by atoms with Crippen LogP contribution < -0.4 is 4.74 Å². The zero-order valence-corrected chi connectivity index (χ0v) is 24.8. The van der Waals surface area contributed by atoms with E-state index in [0.717, 1.165) is 0 Å². The first-order valence-electron chi connectivity index (χ1n) is 14.3. The van der Waals surface area contributed by atoms with Crippen LogP contribution in [0.4, 0.5) is 5.69 Å². The third kappa shape index (κ3) is 18.2. The fraction of sp³-hybridized carbons (Fsp3) is 0.533. The van der Waals surface area contributed by atoms with Gasteiger partial charge in [0.05, 0.1) is 97.4 Å². The summed E-state index contributed by atoms with van der Waals surface area (Å²) in [4.78, 5) is 33.7. The van der Waals surface area contributed by atoms with Gasteiger partial charge in [-0.15, -0.1) is 0 Å². The third-order valence-corrected chi connectivity index (χ3v) is 5.46. The number of Topliss-reactive ketones (excluding diaryl/α,β-unsaturated/α-hetero) is 1. The Morgan fingerprint density at radius 1 is 0.523 bits per heavy atom. The van der Waals surface area contributed by atoms with Gasteiger partial charge in [-0.2, -0.15) is 0 Å². The van der Waals surface area contributed by atoms with Crippen LogP contribution >= 0.6 is 0 Å². The van der Waals surface area contributed by atoms with Crippen LogP contribution in [0.5, 0.6) is 5.75 Å². The summed E-state index contributed by atoms with van der Waals surface area (Å²) in [6, 6.07) is 14.1. The van der Waals surface area contributed by atoms with Crippen LogP contribution in [0.3, 0.4) is 0 Å². The van der Waals surface area contributed by atoms with Gasteiger partial charge in [-0.1, -0.05) is 30.3 Å². The highest BCUT2D eigenvalue weighted by atomic mass is 16.6. The molecule has 0 unspecified atom stereocenters. The minimum atomic E-state index is -0.905. The summed E-state index contributed by atoms with van der Waals surface area (Å²) in [5.41, 5.74) is 0.306. The summed E-state index contributed by atoms with van der Waals surface area (Å²) in [5, 5.41) is 10.6. The second-order valence-electron chi connectivity index (χ2n) is 8.72. The topological polar surface area (TPSA) is 160 Å². The Bertz CT molecular complexity index is 1040. The average Bonchev–Trinajstić information content (AvgIpc) is 3.04. The van der Waals surface area contributed by atoms with Crippen molar-refractivity contribution in [3.63, 3.8) is 0 Å². The van der Waals surface area contributed by atoms with Gasteiger partial charge in [0.2, 0.25) is 0 Å². The zero-order chi connectivity index (χ0) is 31.5. The lowest BCUT2D eigenvalue weighted by atomic mass is 10.1. The van der Waals surface area contributed by atoms with Crippen LogP contribution in [0, 0.1) is 10.1 Å². The molecule has 0 spiro atoms. The second kappa shape index (κ2) is 24.9. The molecule has 0 atom stereocenters. The van der Waals surface area contributed by atoms with E-state index in [1.54, 1.807) is 42.5 Å². The number of hydrogen-bond acceptors (Lipinski definition) is 13. The van der Waals surface area contributed by atoms with Crippen LogP contribution in [0.25, 0.3) is 0 Å². The SMILES string of the molecule is O=C(OCCOCCOCCOCCOCCOCCOCCOCCOc1ccc([N+](=O)[O-])cc1)C(=O)c1ccccc1. The first-order chi connectivity index (χ1) is 21.6. The monoisotopic (exact) mass is 623 g/mol. The van der Waals surface area contributed by atoms with E-state index < -0.39 is 16.7 Å². The summed E-state index contributed by atoms with van der Waals surface area (Å²) in [6.07, 6.45) is 0. The van der Waals surface area contributed by atoms with Crippen LogP contribution in [0.1, 0.15) is 10.4 Å². The van der Waals surface area contributed by atoms with E-state index >= 15 is 0 Å². The largest absolute Gasteiger partial charge is 0.491 e. The normalized spacial score (nSPS) is 10.9. The van der Waals surface area contributed by atoms with Gasteiger partial charge in [-0.25, -0.2) is 4.79 Å². The molecule has 2 aromatic rings. The summed E-state index contributed by atoms with van der Waals surface area (Å²) >= 11 is 0. The molecule has 44 heavy (non-hydrogen) atoms. The highest BCUT2D eigenvalue weighted by molar-refractivity contribution is 6.40. The van der Waals surface area contributed by atoms with Gasteiger partial charge in [0.15, 0.2) is 0 Å². The molecule has 0 saturated carbocycles. The molecule has 0 aliphatic carbocycles. The predicted octanol–water partition coefficient (Wildman–Crippen LogP) is 2.52. The Hall–Kier alpha value is -3.50. The average molecular weight is 624 g/mol. The first-order valence-corrected chi connectivity index (χ1v) is 14.3. The highest BCUT2D eigenvalue weighted by Crippen LogP contribution is 2.17. The van der Waals surface area contributed by atoms with Gasteiger partial charge in [0.1, 0.15) is 19.0 Å². The standard InChI is InChI=1S/C30H41NO13/c32-29(26-4-2-1-3-5-26)30(33)44-25-23-42-21-19-40-17-15-38-13-11-36-10-12-37-14-16-39-18-20-41-22-24-43-28-8-6-27(7-9-28)31(34)35/h1-9H,10-25H2. The van der Waals surface area contributed by atoms with Crippen molar-refractivity contribution in [3.05, 3.63) is 70.3 Å². The number of carbonyl (C=O) groups excluding carboxylic acids is 2. The Balaban J connectivity index is 1.22. The van der Waals surface area contributed by atoms with Gasteiger partial charge < -0.3 is 42.6 Å². The third-order valence-electron chi connectivity index (χ3n) is 5.46. The van der Waals surface area contributed by atoms with Gasteiger partial charge in [0, 0.05) is 17.7 Å². The molecule has 2 aromatic carbocycles.